The van der Waals surface area contributed by atoms with E-state index in [4.69, 9.17) is 9.84 Å². The SMILES string of the molecule is CC(=O)Nc1ccn([13C@@H]2O[13C@H]([13CH2]O)[13C@@H](O)[13C@H]2O)c(=O)n1. The molecule has 0 spiro atoms. The van der Waals surface area contributed by atoms with Gasteiger partial charge in [0, 0.05) is 13.1 Å². The monoisotopic (exact) mass is 290 g/mol. The van der Waals surface area contributed by atoms with Crippen molar-refractivity contribution in [3.8, 4) is 0 Å². The van der Waals surface area contributed by atoms with Crippen molar-refractivity contribution in [3.63, 3.8) is 0 Å². The molecule has 0 saturated carbocycles. The number of carbonyl (C=O) groups excluding carboxylic acids is 1. The van der Waals surface area contributed by atoms with E-state index >= 15 is 0 Å². The van der Waals surface area contributed by atoms with Crippen molar-refractivity contribution in [2.45, 2.75) is 31.5 Å². The Bertz CT molecular complexity index is 559. The quantitative estimate of drug-likeness (QED) is 0.465. The van der Waals surface area contributed by atoms with Gasteiger partial charge in [0.25, 0.3) is 0 Å². The average Bonchev–Trinajstić information content (AvgIpc) is 2.66. The first-order valence-corrected chi connectivity index (χ1v) is 5.93. The van der Waals surface area contributed by atoms with E-state index in [1.165, 1.54) is 19.2 Å². The summed E-state index contributed by atoms with van der Waals surface area (Å²) in [5, 5.41) is 30.8. The van der Waals surface area contributed by atoms with Gasteiger partial charge in [-0.05, 0) is 6.07 Å². The summed E-state index contributed by atoms with van der Waals surface area (Å²) >= 11 is 0. The van der Waals surface area contributed by atoms with Crippen molar-refractivity contribution >= 4 is 11.7 Å². The molecule has 0 bridgehead atoms. The lowest BCUT2D eigenvalue weighted by Gasteiger charge is -2.17. The fraction of sp³-hybridized carbons (Fsp3) is 0.545. The van der Waals surface area contributed by atoms with Gasteiger partial charge in [-0.3, -0.25) is 9.36 Å². The van der Waals surface area contributed by atoms with Crippen LogP contribution in [0.3, 0.4) is 0 Å². The molecule has 0 radical (unpaired) electrons. The van der Waals surface area contributed by atoms with Gasteiger partial charge in [0.15, 0.2) is 6.23 Å². The fourth-order valence-electron chi connectivity index (χ4n) is 1.97. The Morgan fingerprint density at radius 2 is 2.20 bits per heavy atom. The summed E-state index contributed by atoms with van der Waals surface area (Å²) in [7, 11) is 0. The molecule has 4 atom stereocenters. The molecule has 1 aromatic heterocycles. The zero-order valence-corrected chi connectivity index (χ0v) is 10.6. The Morgan fingerprint density at radius 3 is 2.70 bits per heavy atom. The molecule has 9 nitrogen and oxygen atoms in total. The van der Waals surface area contributed by atoms with Crippen LogP contribution in [0.5, 0.6) is 0 Å². The maximum absolute atomic E-state index is 11.8. The molecule has 1 aliphatic heterocycles. The van der Waals surface area contributed by atoms with Crippen molar-refractivity contribution < 1.29 is 24.9 Å². The van der Waals surface area contributed by atoms with Gasteiger partial charge in [0.05, 0.1) is 6.61 Å². The zero-order chi connectivity index (χ0) is 14.9. The summed E-state index contributed by atoms with van der Waals surface area (Å²) < 4.78 is 6.19. The number of aromatic nitrogens is 2. The molecule has 2 rings (SSSR count). The number of rotatable bonds is 3. The standard InChI is InChI=1S/C11H15N3O6/c1-5(16)12-7-2-3-14(11(19)13-7)10-9(18)8(17)6(4-15)20-10/h2-3,6,8-10,15,17-18H,4H2,1H3,(H,12,13,16,19)/t6-,8-,9-,10-/m1/s1/i4+1,6+1,8+1,9+1,10+1. The van der Waals surface area contributed by atoms with Crippen LogP contribution in [0.4, 0.5) is 5.82 Å². The smallest absolute Gasteiger partial charge is 0.351 e. The summed E-state index contributed by atoms with van der Waals surface area (Å²) in [6, 6.07) is 1.36. The van der Waals surface area contributed by atoms with Crippen LogP contribution in [0.1, 0.15) is 13.2 Å². The molecule has 4 N–H and O–H groups in total. The Labute approximate surface area is 113 Å². The van der Waals surface area contributed by atoms with Crippen LogP contribution in [0, 0.1) is 0 Å². The van der Waals surface area contributed by atoms with E-state index in [9.17, 15) is 19.8 Å². The molecule has 1 saturated heterocycles. The number of anilines is 1. The third kappa shape index (κ3) is 2.70. The Hall–Kier alpha value is -1.81. The Balaban J connectivity index is 2.26. The third-order valence-corrected chi connectivity index (χ3v) is 2.93. The number of nitrogens with zero attached hydrogens (tertiary/aromatic N) is 2. The number of aliphatic hydroxyl groups excluding tert-OH is 3. The van der Waals surface area contributed by atoms with Crippen molar-refractivity contribution in [3.05, 3.63) is 22.7 Å². The molecule has 110 valence electrons. The van der Waals surface area contributed by atoms with Crippen LogP contribution in [0.2, 0.25) is 0 Å². The van der Waals surface area contributed by atoms with Crippen LogP contribution >= 0.6 is 0 Å². The molecular formula is C11H15N3O6. The Morgan fingerprint density at radius 1 is 1.50 bits per heavy atom. The highest BCUT2D eigenvalue weighted by molar-refractivity contribution is 5.87. The number of hydrogen-bond donors (Lipinski definition) is 4. The summed E-state index contributed by atoms with van der Waals surface area (Å²) in [6.07, 6.45) is -3.50. The first kappa shape index (κ1) is 14.6. The van der Waals surface area contributed by atoms with Gasteiger partial charge in [0.2, 0.25) is 5.91 Å². The lowest BCUT2D eigenvalue weighted by atomic mass is 10.5. The second-order valence-corrected chi connectivity index (χ2v) is 4.41. The summed E-state index contributed by atoms with van der Waals surface area (Å²) in [5.41, 5.74) is -0.758. The number of carbonyl (C=O) groups is 1. The van der Waals surface area contributed by atoms with E-state index < -0.39 is 36.8 Å². The van der Waals surface area contributed by atoms with Gasteiger partial charge in [-0.1, -0.05) is 0 Å². The number of ether oxygens (including phenoxy) is 1. The highest BCUT2D eigenvalue weighted by Gasteiger charge is 2.43. The minimum atomic E-state index is -1.36. The summed E-state index contributed by atoms with van der Waals surface area (Å²) in [4.78, 5) is 26.3. The van der Waals surface area contributed by atoms with Gasteiger partial charge in [0.1, 0.15) is 24.1 Å². The molecular weight excluding hydrogens is 275 g/mol. The lowest BCUT2D eigenvalue weighted by molar-refractivity contribution is -0.114. The van der Waals surface area contributed by atoms with Crippen LogP contribution in [-0.4, -0.2) is 55.7 Å². The van der Waals surface area contributed by atoms with Crippen LogP contribution < -0.4 is 11.0 Å². The second-order valence-electron chi connectivity index (χ2n) is 4.41. The molecule has 2 heterocycles. The summed E-state index contributed by atoms with van der Waals surface area (Å²) in [6.45, 7) is 0.792. The molecule has 1 amide bonds. The molecule has 1 fully saturated rings. The van der Waals surface area contributed by atoms with E-state index in [1.54, 1.807) is 0 Å². The van der Waals surface area contributed by atoms with Crippen LogP contribution in [-0.2, 0) is 9.53 Å². The topological polar surface area (TPSA) is 134 Å². The number of aliphatic hydroxyl groups is 3. The van der Waals surface area contributed by atoms with E-state index in [2.05, 4.69) is 10.3 Å². The number of amides is 1. The maximum Gasteiger partial charge on any atom is 0.351 e. The van der Waals surface area contributed by atoms with Crippen molar-refractivity contribution in [1.82, 2.24) is 9.55 Å². The lowest BCUT2D eigenvalue weighted by Crippen LogP contribution is -2.36. The fourth-order valence-corrected chi connectivity index (χ4v) is 1.97. The van der Waals surface area contributed by atoms with Crippen LogP contribution in [0.15, 0.2) is 17.1 Å². The normalized spacial score (nSPS) is 29.4. The van der Waals surface area contributed by atoms with E-state index in [0.717, 1.165) is 4.57 Å². The van der Waals surface area contributed by atoms with Gasteiger partial charge in [-0.2, -0.15) is 4.98 Å². The highest BCUT2D eigenvalue weighted by atomic mass is 16.8. The molecule has 1 aromatic rings. The van der Waals surface area contributed by atoms with Gasteiger partial charge in [-0.25, -0.2) is 4.79 Å². The maximum atomic E-state index is 11.8. The van der Waals surface area contributed by atoms with Gasteiger partial charge >= 0.3 is 5.69 Å². The molecule has 9 heteroatoms. The molecule has 0 aliphatic carbocycles. The minimum Gasteiger partial charge on any atom is -0.394 e. The zero-order valence-electron chi connectivity index (χ0n) is 10.6. The average molecular weight is 290 g/mol. The minimum absolute atomic E-state index is 0.0745. The van der Waals surface area contributed by atoms with E-state index in [1.807, 2.05) is 0 Å². The van der Waals surface area contributed by atoms with Gasteiger partial charge in [-0.15, -0.1) is 0 Å². The second kappa shape index (κ2) is 5.67. The molecule has 1 aliphatic rings. The number of nitrogens with one attached hydrogen (secondary N) is 1. The Kier molecular flexibility index (Phi) is 4.14. The predicted molar refractivity (Wildman–Crippen MR) is 65.8 cm³/mol. The summed E-state index contributed by atoms with van der Waals surface area (Å²) in [5.74, 6) is -0.298. The van der Waals surface area contributed by atoms with Crippen molar-refractivity contribution in [2.24, 2.45) is 0 Å². The molecule has 20 heavy (non-hydrogen) atoms. The van der Waals surface area contributed by atoms with Crippen molar-refractivity contribution in [2.75, 3.05) is 11.9 Å². The van der Waals surface area contributed by atoms with E-state index in [0.29, 0.717) is 0 Å². The van der Waals surface area contributed by atoms with E-state index in [-0.39, 0.29) is 11.7 Å². The third-order valence-electron chi connectivity index (χ3n) is 2.93. The van der Waals surface area contributed by atoms with Crippen LogP contribution in [0.25, 0.3) is 0 Å². The predicted octanol–water partition coefficient (Wildman–Crippen LogP) is -2.19. The van der Waals surface area contributed by atoms with Gasteiger partial charge < -0.3 is 25.4 Å². The first-order chi connectivity index (χ1) is 9.43. The van der Waals surface area contributed by atoms with Crippen molar-refractivity contribution in [1.29, 1.82) is 0 Å². The highest BCUT2D eigenvalue weighted by Crippen LogP contribution is 2.27. The molecule has 0 aromatic carbocycles. The molecule has 0 unspecified atom stereocenters. The first-order valence-electron chi connectivity index (χ1n) is 5.93. The largest absolute Gasteiger partial charge is 0.394 e. The number of hydrogen-bond acceptors (Lipinski definition) is 7.